The van der Waals surface area contributed by atoms with Gasteiger partial charge in [-0.25, -0.2) is 4.79 Å². The fourth-order valence-corrected chi connectivity index (χ4v) is 5.37. The molecule has 3 aliphatic heterocycles. The van der Waals surface area contributed by atoms with E-state index in [1.165, 1.54) is 17.0 Å². The molecule has 1 atom stereocenters. The largest absolute Gasteiger partial charge is 0.418 e. The number of benzene rings is 1. The Balaban J connectivity index is 1.43. The Morgan fingerprint density at radius 1 is 1.22 bits per heavy atom. The molecule has 0 radical (unpaired) electrons. The quantitative estimate of drug-likeness (QED) is 0.560. The second-order valence-electron chi connectivity index (χ2n) is 10.1. The van der Waals surface area contributed by atoms with Gasteiger partial charge in [-0.05, 0) is 47.2 Å². The second-order valence-corrected chi connectivity index (χ2v) is 10.1. The van der Waals surface area contributed by atoms with Gasteiger partial charge in [0.25, 0.3) is 0 Å². The minimum absolute atomic E-state index is 0.177. The number of fused-ring (bicyclic) bond motifs is 1. The lowest BCUT2D eigenvalue weighted by atomic mass is 9.73. The van der Waals surface area contributed by atoms with Crippen molar-refractivity contribution in [2.24, 2.45) is 16.1 Å². The number of pyridine rings is 1. The number of imidazole rings is 1. The van der Waals surface area contributed by atoms with Crippen LogP contribution in [-0.4, -0.2) is 47.2 Å². The topological polar surface area (TPSA) is 72.4 Å². The van der Waals surface area contributed by atoms with E-state index in [9.17, 15) is 18.0 Å². The standard InChI is InChI=1S/C27H26F3N5O2/c1-17-7-21(33-32-11-17)10-26(15-37-16-26)20-3-2-4-22(9-20)34-14-24-23(27(28,29)30)8-19(13-35(24)25(34)36)18-5-6-31-12-18/h2-5,8-9,11,13-14,17,31H,6-7,10,12,15-16H2,1H3/t17-/m0/s1. The van der Waals surface area contributed by atoms with Crippen LogP contribution in [0.3, 0.4) is 0 Å². The molecule has 1 saturated heterocycles. The van der Waals surface area contributed by atoms with Gasteiger partial charge >= 0.3 is 11.9 Å². The molecule has 1 fully saturated rings. The van der Waals surface area contributed by atoms with Gasteiger partial charge in [-0.1, -0.05) is 25.1 Å². The van der Waals surface area contributed by atoms with Gasteiger partial charge in [-0.15, -0.1) is 0 Å². The van der Waals surface area contributed by atoms with Crippen molar-refractivity contribution < 1.29 is 17.9 Å². The van der Waals surface area contributed by atoms with E-state index >= 15 is 0 Å². The van der Waals surface area contributed by atoms with Crippen molar-refractivity contribution in [3.8, 4) is 5.69 Å². The number of nitrogens with one attached hydrogen (secondary N) is 1. The second kappa shape index (κ2) is 8.81. The summed E-state index contributed by atoms with van der Waals surface area (Å²) in [4.78, 5) is 13.4. The highest BCUT2D eigenvalue weighted by Crippen LogP contribution is 2.39. The van der Waals surface area contributed by atoms with E-state index in [1.807, 2.05) is 30.5 Å². The summed E-state index contributed by atoms with van der Waals surface area (Å²) in [6.07, 6.45) is 3.34. The maximum Gasteiger partial charge on any atom is 0.418 e. The van der Waals surface area contributed by atoms with Crippen molar-refractivity contribution in [2.45, 2.75) is 31.4 Å². The Hall–Kier alpha value is -3.50. The first-order valence-corrected chi connectivity index (χ1v) is 12.3. The molecule has 7 nitrogen and oxygen atoms in total. The van der Waals surface area contributed by atoms with Crippen LogP contribution in [0.2, 0.25) is 0 Å². The Labute approximate surface area is 211 Å². The molecule has 5 heterocycles. The zero-order valence-corrected chi connectivity index (χ0v) is 20.3. The Kier molecular flexibility index (Phi) is 5.68. The summed E-state index contributed by atoms with van der Waals surface area (Å²) in [7, 11) is 0. The highest BCUT2D eigenvalue weighted by Gasteiger charge is 2.42. The lowest BCUT2D eigenvalue weighted by molar-refractivity contribution is -0.136. The Bertz CT molecular complexity index is 1530. The Morgan fingerprint density at radius 2 is 2.05 bits per heavy atom. The number of nitrogens with zero attached hydrogens (tertiary/aromatic N) is 4. The van der Waals surface area contributed by atoms with Crippen molar-refractivity contribution >= 4 is 23.0 Å². The molecular formula is C27H26F3N5O2. The molecule has 0 unspecified atom stereocenters. The number of aromatic nitrogens is 2. The number of alkyl halides is 3. The average Bonchev–Trinajstić information content (AvgIpc) is 3.49. The molecule has 1 N–H and O–H groups in total. The summed E-state index contributed by atoms with van der Waals surface area (Å²) in [6.45, 7) is 4.14. The molecule has 192 valence electrons. The van der Waals surface area contributed by atoms with Gasteiger partial charge in [0.2, 0.25) is 0 Å². The zero-order chi connectivity index (χ0) is 25.8. The fraction of sp³-hybridized carbons (Fsp3) is 0.370. The van der Waals surface area contributed by atoms with Crippen LogP contribution in [0.15, 0.2) is 63.8 Å². The SMILES string of the molecule is C[C@@H]1C=NN=C(CC2(c3cccc(-n4cc5c(C(F)(F)F)cc(C6=CCNC6)cn5c4=O)c3)COC2)C1. The van der Waals surface area contributed by atoms with Crippen molar-refractivity contribution in [1.29, 1.82) is 0 Å². The van der Waals surface area contributed by atoms with Gasteiger partial charge in [0.15, 0.2) is 0 Å². The lowest BCUT2D eigenvalue weighted by Crippen LogP contribution is -2.48. The molecule has 0 saturated carbocycles. The third-order valence-corrected chi connectivity index (χ3v) is 7.37. The van der Waals surface area contributed by atoms with Crippen LogP contribution in [0.4, 0.5) is 13.2 Å². The maximum atomic E-state index is 14.1. The van der Waals surface area contributed by atoms with Crippen LogP contribution in [0.5, 0.6) is 0 Å². The number of halogens is 3. The molecule has 1 aromatic carbocycles. The third kappa shape index (κ3) is 4.23. The van der Waals surface area contributed by atoms with Gasteiger partial charge < -0.3 is 10.1 Å². The van der Waals surface area contributed by atoms with Crippen LogP contribution in [0.1, 0.15) is 36.5 Å². The van der Waals surface area contributed by atoms with Crippen LogP contribution >= 0.6 is 0 Å². The number of rotatable bonds is 5. The monoisotopic (exact) mass is 509 g/mol. The van der Waals surface area contributed by atoms with Crippen molar-refractivity contribution in [3.63, 3.8) is 0 Å². The van der Waals surface area contributed by atoms with Crippen LogP contribution in [-0.2, 0) is 16.3 Å². The third-order valence-electron chi connectivity index (χ3n) is 7.37. The first-order chi connectivity index (χ1) is 17.7. The van der Waals surface area contributed by atoms with Gasteiger partial charge in [0.05, 0.1) is 30.0 Å². The highest BCUT2D eigenvalue weighted by atomic mass is 19.4. The highest BCUT2D eigenvalue weighted by molar-refractivity contribution is 5.90. The predicted octanol–water partition coefficient (Wildman–Crippen LogP) is 4.22. The van der Waals surface area contributed by atoms with E-state index in [2.05, 4.69) is 22.4 Å². The summed E-state index contributed by atoms with van der Waals surface area (Å²) >= 11 is 0. The molecule has 0 amide bonds. The number of hydrogen-bond donors (Lipinski definition) is 1. The van der Waals surface area contributed by atoms with Crippen LogP contribution < -0.4 is 11.0 Å². The molecule has 0 spiro atoms. The maximum absolute atomic E-state index is 14.1. The molecule has 0 aliphatic carbocycles. The molecule has 3 aliphatic rings. The van der Waals surface area contributed by atoms with E-state index in [0.29, 0.717) is 49.9 Å². The summed E-state index contributed by atoms with van der Waals surface area (Å²) < 4.78 is 50.2. The van der Waals surface area contributed by atoms with Gasteiger partial charge in [-0.2, -0.15) is 23.4 Å². The minimum Gasteiger partial charge on any atom is -0.379 e. The minimum atomic E-state index is -4.61. The van der Waals surface area contributed by atoms with E-state index in [0.717, 1.165) is 33.7 Å². The normalized spacial score (nSPS) is 21.1. The van der Waals surface area contributed by atoms with E-state index in [-0.39, 0.29) is 10.9 Å². The molecule has 0 bridgehead atoms. The zero-order valence-electron chi connectivity index (χ0n) is 20.3. The molecular weight excluding hydrogens is 483 g/mol. The Morgan fingerprint density at radius 3 is 2.73 bits per heavy atom. The van der Waals surface area contributed by atoms with Crippen molar-refractivity contribution in [1.82, 2.24) is 14.3 Å². The van der Waals surface area contributed by atoms with Crippen molar-refractivity contribution in [2.75, 3.05) is 26.3 Å². The number of ether oxygens (including phenoxy) is 1. The summed E-state index contributed by atoms with van der Waals surface area (Å²) in [5.41, 5.74) is 1.71. The molecule has 3 aromatic rings. The summed E-state index contributed by atoms with van der Waals surface area (Å²) in [6, 6.07) is 8.54. The van der Waals surface area contributed by atoms with Gasteiger partial charge in [0.1, 0.15) is 0 Å². The predicted molar refractivity (Wildman–Crippen MR) is 136 cm³/mol. The lowest BCUT2D eigenvalue weighted by Gasteiger charge is -2.42. The van der Waals surface area contributed by atoms with Crippen LogP contribution in [0.25, 0.3) is 16.8 Å². The molecule has 2 aromatic heterocycles. The summed E-state index contributed by atoms with van der Waals surface area (Å²) in [5, 5.41) is 11.5. The molecule has 10 heteroatoms. The van der Waals surface area contributed by atoms with E-state index < -0.39 is 17.4 Å². The molecule has 6 rings (SSSR count). The average molecular weight is 510 g/mol. The van der Waals surface area contributed by atoms with Crippen molar-refractivity contribution in [3.05, 3.63) is 76.0 Å². The first-order valence-electron chi connectivity index (χ1n) is 12.3. The van der Waals surface area contributed by atoms with Crippen LogP contribution in [0, 0.1) is 5.92 Å². The van der Waals surface area contributed by atoms with Gasteiger partial charge in [0, 0.05) is 49.2 Å². The van der Waals surface area contributed by atoms with E-state index in [4.69, 9.17) is 4.74 Å². The number of hydrogen-bond acceptors (Lipinski definition) is 5. The first kappa shape index (κ1) is 23.9. The summed E-state index contributed by atoms with van der Waals surface area (Å²) in [5.74, 6) is 0.313. The smallest absolute Gasteiger partial charge is 0.379 e. The fourth-order valence-electron chi connectivity index (χ4n) is 5.37. The van der Waals surface area contributed by atoms with E-state index in [1.54, 1.807) is 6.07 Å². The molecule has 37 heavy (non-hydrogen) atoms. The van der Waals surface area contributed by atoms with Gasteiger partial charge in [-0.3, -0.25) is 8.97 Å².